The minimum absolute atomic E-state index is 0.0426. The Bertz CT molecular complexity index is 1660. The number of rotatable bonds is 11. The molecule has 3 N–H and O–H groups in total. The van der Waals surface area contributed by atoms with Gasteiger partial charge in [-0.25, -0.2) is 0 Å². The van der Waals surface area contributed by atoms with Crippen LogP contribution in [0, 0.1) is 17.0 Å². The Kier molecular flexibility index (Phi) is 10.3. The van der Waals surface area contributed by atoms with E-state index in [2.05, 4.69) is 16.0 Å². The standard InChI is InChI=1S/C32H28N4O6S/c1-21-18-25(36(40)41)12-17-28(21)34-30(37)20-43-27-15-10-24(11-16-27)33-32(39)29(19-22-8-13-26(42-2)14-9-22)35-31(38)23-6-4-3-5-7-23/h3-19H,20H2,1-2H3,(H,33,39)(H,34,37)(H,35,38)/b29-19-. The number of nitrogens with zero attached hydrogens (tertiary/aromatic N) is 1. The lowest BCUT2D eigenvalue weighted by Gasteiger charge is -2.12. The molecule has 4 aromatic rings. The molecule has 0 unspecified atom stereocenters. The Labute approximate surface area is 252 Å². The molecule has 0 aromatic heterocycles. The van der Waals surface area contributed by atoms with Crippen LogP contribution in [0.5, 0.6) is 5.75 Å². The van der Waals surface area contributed by atoms with Crippen molar-refractivity contribution in [3.63, 3.8) is 0 Å². The van der Waals surface area contributed by atoms with Crippen molar-refractivity contribution >= 4 is 52.6 Å². The van der Waals surface area contributed by atoms with Crippen molar-refractivity contribution in [1.82, 2.24) is 5.32 Å². The van der Waals surface area contributed by atoms with Crippen molar-refractivity contribution in [2.24, 2.45) is 0 Å². The van der Waals surface area contributed by atoms with E-state index in [9.17, 15) is 24.5 Å². The van der Waals surface area contributed by atoms with Crippen LogP contribution in [-0.4, -0.2) is 35.5 Å². The minimum atomic E-state index is -0.515. The molecule has 0 aliphatic heterocycles. The second-order valence-electron chi connectivity index (χ2n) is 9.22. The molecule has 0 radical (unpaired) electrons. The number of benzene rings is 4. The Morgan fingerprint density at radius 1 is 0.907 bits per heavy atom. The van der Waals surface area contributed by atoms with Crippen LogP contribution >= 0.6 is 11.8 Å². The first-order chi connectivity index (χ1) is 20.7. The van der Waals surface area contributed by atoms with E-state index in [1.165, 1.54) is 30.0 Å². The maximum atomic E-state index is 13.3. The SMILES string of the molecule is COc1ccc(/C=C(\NC(=O)c2ccccc2)C(=O)Nc2ccc(SCC(=O)Nc3ccc([N+](=O)[O-])cc3C)cc2)cc1. The monoisotopic (exact) mass is 596 g/mol. The largest absolute Gasteiger partial charge is 0.497 e. The van der Waals surface area contributed by atoms with Gasteiger partial charge in [0, 0.05) is 34.0 Å². The number of ether oxygens (including phenoxy) is 1. The summed E-state index contributed by atoms with van der Waals surface area (Å²) in [6.07, 6.45) is 1.57. The number of aryl methyl sites for hydroxylation is 1. The highest BCUT2D eigenvalue weighted by molar-refractivity contribution is 8.00. The van der Waals surface area contributed by atoms with Gasteiger partial charge in [-0.15, -0.1) is 11.8 Å². The van der Waals surface area contributed by atoms with E-state index in [4.69, 9.17) is 4.74 Å². The van der Waals surface area contributed by atoms with Gasteiger partial charge in [0.25, 0.3) is 17.5 Å². The fraction of sp³-hybridized carbons (Fsp3) is 0.0938. The highest BCUT2D eigenvalue weighted by atomic mass is 32.2. The third kappa shape index (κ3) is 8.78. The first-order valence-electron chi connectivity index (χ1n) is 13.0. The number of carbonyl (C=O) groups is 3. The smallest absolute Gasteiger partial charge is 0.272 e. The second-order valence-corrected chi connectivity index (χ2v) is 10.3. The van der Waals surface area contributed by atoms with Gasteiger partial charge in [0.1, 0.15) is 11.4 Å². The normalized spacial score (nSPS) is 10.9. The molecule has 0 saturated carbocycles. The lowest BCUT2D eigenvalue weighted by molar-refractivity contribution is -0.384. The lowest BCUT2D eigenvalue weighted by atomic mass is 10.1. The van der Waals surface area contributed by atoms with E-state index >= 15 is 0 Å². The number of nitro groups is 1. The highest BCUT2D eigenvalue weighted by Crippen LogP contribution is 2.24. The predicted octanol–water partition coefficient (Wildman–Crippen LogP) is 6.05. The van der Waals surface area contributed by atoms with Gasteiger partial charge in [0.2, 0.25) is 5.91 Å². The third-order valence-corrected chi connectivity index (χ3v) is 7.14. The molecule has 0 spiro atoms. The quantitative estimate of drug-likeness (QED) is 0.0829. The molecule has 10 nitrogen and oxygen atoms in total. The van der Waals surface area contributed by atoms with Gasteiger partial charge in [-0.1, -0.05) is 30.3 Å². The number of nitrogens with one attached hydrogen (secondary N) is 3. The predicted molar refractivity (Wildman–Crippen MR) is 167 cm³/mol. The minimum Gasteiger partial charge on any atom is -0.497 e. The molecule has 0 fully saturated rings. The lowest BCUT2D eigenvalue weighted by Crippen LogP contribution is -2.30. The first kappa shape index (κ1) is 30.5. The summed E-state index contributed by atoms with van der Waals surface area (Å²) < 4.78 is 5.19. The van der Waals surface area contributed by atoms with Crippen LogP contribution in [0.3, 0.4) is 0 Å². The summed E-state index contributed by atoms with van der Waals surface area (Å²) in [6.45, 7) is 1.69. The van der Waals surface area contributed by atoms with E-state index in [1.807, 2.05) is 0 Å². The zero-order chi connectivity index (χ0) is 30.8. The number of methoxy groups -OCH3 is 1. The van der Waals surface area contributed by atoms with Gasteiger partial charge in [-0.05, 0) is 78.7 Å². The van der Waals surface area contributed by atoms with Crippen LogP contribution in [0.25, 0.3) is 6.08 Å². The first-order valence-corrected chi connectivity index (χ1v) is 14.0. The maximum Gasteiger partial charge on any atom is 0.272 e. The Hall–Kier alpha value is -5.42. The fourth-order valence-electron chi connectivity index (χ4n) is 3.88. The van der Waals surface area contributed by atoms with Gasteiger partial charge in [-0.2, -0.15) is 0 Å². The molecule has 0 bridgehead atoms. The van der Waals surface area contributed by atoms with Gasteiger partial charge < -0.3 is 20.7 Å². The number of non-ortho nitro benzene ring substituents is 1. The molecule has 0 aliphatic rings. The Balaban J connectivity index is 1.39. The topological polar surface area (TPSA) is 140 Å². The van der Waals surface area contributed by atoms with Crippen molar-refractivity contribution in [3.8, 4) is 5.75 Å². The summed E-state index contributed by atoms with van der Waals surface area (Å²) in [5.74, 6) is -0.430. The summed E-state index contributed by atoms with van der Waals surface area (Å²) in [4.78, 5) is 49.8. The van der Waals surface area contributed by atoms with E-state index in [1.54, 1.807) is 99.0 Å². The third-order valence-electron chi connectivity index (χ3n) is 6.13. The van der Waals surface area contributed by atoms with Crippen molar-refractivity contribution in [2.45, 2.75) is 11.8 Å². The van der Waals surface area contributed by atoms with Gasteiger partial charge >= 0.3 is 0 Å². The number of amides is 3. The molecule has 11 heteroatoms. The van der Waals surface area contributed by atoms with Crippen LogP contribution in [-0.2, 0) is 9.59 Å². The summed E-state index contributed by atoms with van der Waals surface area (Å²) in [5, 5.41) is 19.2. The number of hydrogen-bond acceptors (Lipinski definition) is 7. The van der Waals surface area contributed by atoms with Gasteiger partial charge in [0.05, 0.1) is 17.8 Å². The Morgan fingerprint density at radius 2 is 1.60 bits per heavy atom. The molecule has 0 atom stereocenters. The second kappa shape index (κ2) is 14.5. The summed E-state index contributed by atoms with van der Waals surface area (Å²) in [7, 11) is 1.56. The molecule has 4 rings (SSSR count). The average molecular weight is 597 g/mol. The maximum absolute atomic E-state index is 13.3. The zero-order valence-corrected chi connectivity index (χ0v) is 24.1. The van der Waals surface area contributed by atoms with E-state index in [-0.39, 0.29) is 23.0 Å². The van der Waals surface area contributed by atoms with Crippen LogP contribution < -0.4 is 20.7 Å². The fourth-order valence-corrected chi connectivity index (χ4v) is 4.58. The number of carbonyl (C=O) groups excluding carboxylic acids is 3. The van der Waals surface area contributed by atoms with Gasteiger partial charge in [0.15, 0.2) is 0 Å². The van der Waals surface area contributed by atoms with Gasteiger partial charge in [-0.3, -0.25) is 24.5 Å². The molecular formula is C32H28N4O6S. The molecule has 3 amide bonds. The van der Waals surface area contributed by atoms with E-state index in [0.717, 1.165) is 4.90 Å². The number of hydrogen-bond donors (Lipinski definition) is 3. The zero-order valence-electron chi connectivity index (χ0n) is 23.3. The van der Waals surface area contributed by atoms with E-state index < -0.39 is 16.7 Å². The number of anilines is 2. The van der Waals surface area contributed by atoms with Crippen LogP contribution in [0.15, 0.2) is 108 Å². The van der Waals surface area contributed by atoms with Crippen molar-refractivity contribution < 1.29 is 24.0 Å². The molecule has 0 aliphatic carbocycles. The molecule has 218 valence electrons. The van der Waals surface area contributed by atoms with Crippen LogP contribution in [0.1, 0.15) is 21.5 Å². The summed E-state index contributed by atoms with van der Waals surface area (Å²) in [6, 6.07) is 26.8. The highest BCUT2D eigenvalue weighted by Gasteiger charge is 2.16. The van der Waals surface area contributed by atoms with Crippen molar-refractivity contribution in [1.29, 1.82) is 0 Å². The number of nitro benzene ring substituents is 1. The molecule has 43 heavy (non-hydrogen) atoms. The Morgan fingerprint density at radius 3 is 2.23 bits per heavy atom. The average Bonchev–Trinajstić information content (AvgIpc) is 3.02. The number of thioether (sulfide) groups is 1. The van der Waals surface area contributed by atoms with Crippen LogP contribution in [0.2, 0.25) is 0 Å². The molecular weight excluding hydrogens is 568 g/mol. The molecule has 0 saturated heterocycles. The van der Waals surface area contributed by atoms with E-state index in [0.29, 0.717) is 33.8 Å². The summed E-state index contributed by atoms with van der Waals surface area (Å²) >= 11 is 1.29. The van der Waals surface area contributed by atoms with Crippen LogP contribution in [0.4, 0.5) is 17.1 Å². The summed E-state index contributed by atoms with van der Waals surface area (Å²) in [5.41, 5.74) is 2.70. The molecule has 4 aromatic carbocycles. The molecule has 0 heterocycles. The van der Waals surface area contributed by atoms with Crippen molar-refractivity contribution in [2.75, 3.05) is 23.5 Å². The van der Waals surface area contributed by atoms with Crippen molar-refractivity contribution in [3.05, 3.63) is 130 Å².